The van der Waals surface area contributed by atoms with Gasteiger partial charge in [0.1, 0.15) is 11.6 Å². The van der Waals surface area contributed by atoms with Gasteiger partial charge in [0.05, 0.1) is 12.3 Å². The summed E-state index contributed by atoms with van der Waals surface area (Å²) in [5, 5.41) is 0. The van der Waals surface area contributed by atoms with Crippen molar-refractivity contribution in [2.24, 2.45) is 5.73 Å². The van der Waals surface area contributed by atoms with Gasteiger partial charge < -0.3 is 10.2 Å². The lowest BCUT2D eigenvalue weighted by Gasteiger charge is -2.17. The van der Waals surface area contributed by atoms with Gasteiger partial charge in [-0.2, -0.15) is 0 Å². The summed E-state index contributed by atoms with van der Waals surface area (Å²) in [6.07, 6.45) is 1.62. The zero-order valence-electron chi connectivity index (χ0n) is 10.3. The Morgan fingerprint density at radius 3 is 2.24 bits per heavy atom. The number of nitrogens with two attached hydrogens (primary N) is 1. The standard InChI is InChI=1S/C14H16FNO/c1-8-6-11(15)7-9(2)13(8)14(16)12-4-5-17-10(12)3/h4-7,14H,16H2,1-3H3. The van der Waals surface area contributed by atoms with Gasteiger partial charge in [-0.3, -0.25) is 0 Å². The molecule has 1 heterocycles. The number of hydrogen-bond acceptors (Lipinski definition) is 2. The van der Waals surface area contributed by atoms with E-state index in [1.807, 2.05) is 26.8 Å². The average molecular weight is 233 g/mol. The van der Waals surface area contributed by atoms with Gasteiger partial charge in [-0.25, -0.2) is 4.39 Å². The Kier molecular flexibility index (Phi) is 3.03. The molecule has 0 aliphatic rings. The molecular formula is C14H16FNO. The van der Waals surface area contributed by atoms with E-state index < -0.39 is 0 Å². The van der Waals surface area contributed by atoms with Crippen LogP contribution in [-0.4, -0.2) is 0 Å². The van der Waals surface area contributed by atoms with Crippen LogP contribution in [0.5, 0.6) is 0 Å². The number of benzene rings is 1. The minimum absolute atomic E-state index is 0.222. The van der Waals surface area contributed by atoms with Gasteiger partial charge in [0.25, 0.3) is 0 Å². The van der Waals surface area contributed by atoms with E-state index in [1.54, 1.807) is 6.26 Å². The number of rotatable bonds is 2. The lowest BCUT2D eigenvalue weighted by atomic mass is 9.92. The van der Waals surface area contributed by atoms with Crippen LogP contribution >= 0.6 is 0 Å². The summed E-state index contributed by atoms with van der Waals surface area (Å²) in [6.45, 7) is 5.63. The Hall–Kier alpha value is -1.61. The third-order valence-electron chi connectivity index (χ3n) is 3.10. The Labute approximate surface area is 100 Å². The zero-order valence-corrected chi connectivity index (χ0v) is 10.3. The second-order valence-corrected chi connectivity index (χ2v) is 4.36. The zero-order chi connectivity index (χ0) is 12.6. The van der Waals surface area contributed by atoms with Crippen molar-refractivity contribution in [3.05, 3.63) is 58.3 Å². The molecule has 2 rings (SSSR count). The number of halogens is 1. The third kappa shape index (κ3) is 2.11. The number of hydrogen-bond donors (Lipinski definition) is 1. The highest BCUT2D eigenvalue weighted by Gasteiger charge is 2.18. The van der Waals surface area contributed by atoms with E-state index in [4.69, 9.17) is 10.2 Å². The lowest BCUT2D eigenvalue weighted by Crippen LogP contribution is -2.15. The van der Waals surface area contributed by atoms with Gasteiger partial charge in [-0.15, -0.1) is 0 Å². The average Bonchev–Trinajstić information content (AvgIpc) is 2.62. The van der Waals surface area contributed by atoms with Crippen molar-refractivity contribution in [1.82, 2.24) is 0 Å². The van der Waals surface area contributed by atoms with Crippen molar-refractivity contribution in [2.45, 2.75) is 26.8 Å². The summed E-state index contributed by atoms with van der Waals surface area (Å²) >= 11 is 0. The minimum Gasteiger partial charge on any atom is -0.469 e. The summed E-state index contributed by atoms with van der Waals surface area (Å²) in [5.41, 5.74) is 9.89. The van der Waals surface area contributed by atoms with Gasteiger partial charge in [0, 0.05) is 5.56 Å². The Morgan fingerprint density at radius 1 is 1.18 bits per heavy atom. The van der Waals surface area contributed by atoms with Crippen LogP contribution in [0, 0.1) is 26.6 Å². The predicted molar refractivity (Wildman–Crippen MR) is 65.3 cm³/mol. The second-order valence-electron chi connectivity index (χ2n) is 4.36. The number of furan rings is 1. The lowest BCUT2D eigenvalue weighted by molar-refractivity contribution is 0.527. The van der Waals surface area contributed by atoms with Crippen molar-refractivity contribution >= 4 is 0 Å². The smallest absolute Gasteiger partial charge is 0.123 e. The van der Waals surface area contributed by atoms with Gasteiger partial charge >= 0.3 is 0 Å². The van der Waals surface area contributed by atoms with Crippen LogP contribution in [0.1, 0.15) is 34.1 Å². The van der Waals surface area contributed by atoms with Crippen LogP contribution in [-0.2, 0) is 0 Å². The first kappa shape index (κ1) is 11.9. The van der Waals surface area contributed by atoms with E-state index >= 15 is 0 Å². The molecule has 1 aromatic heterocycles. The number of aryl methyl sites for hydroxylation is 3. The van der Waals surface area contributed by atoms with Gasteiger partial charge in [-0.05, 0) is 55.7 Å². The molecule has 0 aliphatic heterocycles. The van der Waals surface area contributed by atoms with Crippen LogP contribution in [0.25, 0.3) is 0 Å². The SMILES string of the molecule is Cc1cc(F)cc(C)c1C(N)c1ccoc1C. The van der Waals surface area contributed by atoms with E-state index in [1.165, 1.54) is 12.1 Å². The Balaban J connectivity index is 2.51. The van der Waals surface area contributed by atoms with Crippen molar-refractivity contribution in [3.63, 3.8) is 0 Å². The molecule has 17 heavy (non-hydrogen) atoms. The predicted octanol–water partition coefficient (Wildman–Crippen LogP) is 3.39. The molecule has 0 bridgehead atoms. The molecular weight excluding hydrogens is 217 g/mol. The van der Waals surface area contributed by atoms with Gasteiger partial charge in [0.15, 0.2) is 0 Å². The molecule has 0 radical (unpaired) electrons. The third-order valence-corrected chi connectivity index (χ3v) is 3.10. The Bertz CT molecular complexity index is 522. The fourth-order valence-electron chi connectivity index (χ4n) is 2.29. The molecule has 2 N–H and O–H groups in total. The monoisotopic (exact) mass is 233 g/mol. The fourth-order valence-corrected chi connectivity index (χ4v) is 2.29. The van der Waals surface area contributed by atoms with Crippen LogP contribution in [0.2, 0.25) is 0 Å². The summed E-state index contributed by atoms with van der Waals surface area (Å²) < 4.78 is 18.5. The van der Waals surface area contributed by atoms with Gasteiger partial charge in [-0.1, -0.05) is 0 Å². The van der Waals surface area contributed by atoms with Crippen molar-refractivity contribution in [2.75, 3.05) is 0 Å². The fraction of sp³-hybridized carbons (Fsp3) is 0.286. The van der Waals surface area contributed by atoms with E-state index in [2.05, 4.69) is 0 Å². The maximum Gasteiger partial charge on any atom is 0.123 e. The molecule has 1 aromatic carbocycles. The molecule has 0 saturated heterocycles. The molecule has 2 nitrogen and oxygen atoms in total. The van der Waals surface area contributed by atoms with Crippen LogP contribution < -0.4 is 5.73 Å². The highest BCUT2D eigenvalue weighted by molar-refractivity contribution is 5.42. The Morgan fingerprint density at radius 2 is 1.76 bits per heavy atom. The van der Waals surface area contributed by atoms with Crippen LogP contribution in [0.4, 0.5) is 4.39 Å². The first-order chi connectivity index (χ1) is 8.00. The van der Waals surface area contributed by atoms with Gasteiger partial charge in [0.2, 0.25) is 0 Å². The van der Waals surface area contributed by atoms with E-state index in [0.29, 0.717) is 0 Å². The normalized spacial score (nSPS) is 12.8. The molecule has 90 valence electrons. The van der Waals surface area contributed by atoms with Crippen molar-refractivity contribution < 1.29 is 8.81 Å². The maximum absolute atomic E-state index is 13.2. The molecule has 1 unspecified atom stereocenters. The topological polar surface area (TPSA) is 39.2 Å². The highest BCUT2D eigenvalue weighted by atomic mass is 19.1. The molecule has 0 saturated carbocycles. The van der Waals surface area contributed by atoms with E-state index in [0.717, 1.165) is 28.0 Å². The summed E-state index contributed by atoms with van der Waals surface area (Å²) in [5.74, 6) is 0.584. The molecule has 0 spiro atoms. The molecule has 0 fully saturated rings. The molecule has 3 heteroatoms. The molecule has 2 aromatic rings. The minimum atomic E-state index is -0.269. The van der Waals surface area contributed by atoms with E-state index in [-0.39, 0.29) is 11.9 Å². The quantitative estimate of drug-likeness (QED) is 0.863. The van der Waals surface area contributed by atoms with Crippen molar-refractivity contribution in [3.8, 4) is 0 Å². The van der Waals surface area contributed by atoms with Crippen molar-refractivity contribution in [1.29, 1.82) is 0 Å². The summed E-state index contributed by atoms with van der Waals surface area (Å²) in [6, 6.07) is 4.62. The van der Waals surface area contributed by atoms with Crippen LogP contribution in [0.3, 0.4) is 0 Å². The van der Waals surface area contributed by atoms with E-state index in [9.17, 15) is 4.39 Å². The summed E-state index contributed by atoms with van der Waals surface area (Å²) in [7, 11) is 0. The largest absolute Gasteiger partial charge is 0.469 e. The maximum atomic E-state index is 13.2. The molecule has 0 aliphatic carbocycles. The highest BCUT2D eigenvalue weighted by Crippen LogP contribution is 2.28. The van der Waals surface area contributed by atoms with Crippen LogP contribution in [0.15, 0.2) is 28.9 Å². The first-order valence-electron chi connectivity index (χ1n) is 5.57. The second kappa shape index (κ2) is 4.34. The molecule has 1 atom stereocenters. The molecule has 0 amide bonds. The first-order valence-corrected chi connectivity index (χ1v) is 5.57. The summed E-state index contributed by atoms with van der Waals surface area (Å²) in [4.78, 5) is 0.